The number of aromatic nitrogens is 4. The Morgan fingerprint density at radius 3 is 2.67 bits per heavy atom. The molecule has 1 amide bonds. The second-order valence-electron chi connectivity index (χ2n) is 8.09. The molecule has 0 saturated heterocycles. The molecule has 2 aromatic heterocycles. The number of hydrogen-bond acceptors (Lipinski definition) is 5. The third-order valence-corrected chi connectivity index (χ3v) is 7.29. The first-order chi connectivity index (χ1) is 14.7. The standard InChI is InChI=1S/C22H25N5O2S/c28-21(25-13-12-16-6-4-5-7-17(16)14-25)15-26-22(29)27-19(23-26)10-11-20(24-27)30-18-8-2-1-3-9-18/h4-7,10-11,18H,1-3,8-9,12-15H2. The average molecular weight is 424 g/mol. The summed E-state index contributed by atoms with van der Waals surface area (Å²) in [5, 5.41) is 10.2. The molecule has 30 heavy (non-hydrogen) atoms. The first-order valence-corrected chi connectivity index (χ1v) is 11.5. The minimum Gasteiger partial charge on any atom is -0.336 e. The van der Waals surface area contributed by atoms with Crippen molar-refractivity contribution in [3.05, 3.63) is 58.0 Å². The number of amides is 1. The van der Waals surface area contributed by atoms with Crippen LogP contribution in [0.15, 0.2) is 46.2 Å². The van der Waals surface area contributed by atoms with Crippen molar-refractivity contribution < 1.29 is 4.79 Å². The van der Waals surface area contributed by atoms with Crippen molar-refractivity contribution in [2.75, 3.05) is 6.54 Å². The van der Waals surface area contributed by atoms with Crippen LogP contribution < -0.4 is 5.69 Å². The number of thioether (sulfide) groups is 1. The van der Waals surface area contributed by atoms with Gasteiger partial charge in [0.2, 0.25) is 5.91 Å². The molecule has 0 bridgehead atoms. The lowest BCUT2D eigenvalue weighted by Crippen LogP contribution is -2.40. The van der Waals surface area contributed by atoms with Gasteiger partial charge in [0, 0.05) is 18.3 Å². The summed E-state index contributed by atoms with van der Waals surface area (Å²) >= 11 is 1.74. The minimum atomic E-state index is -0.359. The topological polar surface area (TPSA) is 72.5 Å². The Bertz CT molecular complexity index is 1130. The van der Waals surface area contributed by atoms with E-state index in [4.69, 9.17) is 0 Å². The van der Waals surface area contributed by atoms with Crippen LogP contribution in [-0.2, 0) is 24.3 Å². The van der Waals surface area contributed by atoms with Crippen LogP contribution >= 0.6 is 11.8 Å². The van der Waals surface area contributed by atoms with Gasteiger partial charge in [-0.2, -0.15) is 9.61 Å². The highest BCUT2D eigenvalue weighted by atomic mass is 32.2. The quantitative estimate of drug-likeness (QED) is 0.645. The molecule has 3 heterocycles. The number of fused-ring (bicyclic) bond motifs is 2. The smallest absolute Gasteiger partial charge is 0.336 e. The van der Waals surface area contributed by atoms with Crippen LogP contribution in [0.2, 0.25) is 0 Å². The van der Waals surface area contributed by atoms with E-state index in [1.165, 1.54) is 52.4 Å². The molecule has 1 aliphatic heterocycles. The Balaban J connectivity index is 1.31. The first kappa shape index (κ1) is 19.4. The van der Waals surface area contributed by atoms with Gasteiger partial charge < -0.3 is 4.90 Å². The van der Waals surface area contributed by atoms with Crippen molar-refractivity contribution >= 4 is 23.3 Å². The molecular formula is C22H25N5O2S. The zero-order chi connectivity index (χ0) is 20.5. The molecule has 3 aromatic rings. The maximum absolute atomic E-state index is 12.8. The highest BCUT2D eigenvalue weighted by Gasteiger charge is 2.22. The second-order valence-corrected chi connectivity index (χ2v) is 9.41. The molecule has 7 nitrogen and oxygen atoms in total. The van der Waals surface area contributed by atoms with Crippen molar-refractivity contribution in [1.29, 1.82) is 0 Å². The summed E-state index contributed by atoms with van der Waals surface area (Å²) in [5.74, 6) is -0.0909. The highest BCUT2D eigenvalue weighted by Crippen LogP contribution is 2.32. The van der Waals surface area contributed by atoms with Crippen LogP contribution in [0.25, 0.3) is 5.65 Å². The first-order valence-electron chi connectivity index (χ1n) is 10.7. The minimum absolute atomic E-state index is 0.0601. The van der Waals surface area contributed by atoms with E-state index in [1.54, 1.807) is 16.7 Å². The molecule has 1 fully saturated rings. The van der Waals surface area contributed by atoms with Crippen LogP contribution in [-0.4, -0.2) is 42.0 Å². The van der Waals surface area contributed by atoms with Crippen LogP contribution in [0, 0.1) is 0 Å². The summed E-state index contributed by atoms with van der Waals surface area (Å²) < 4.78 is 2.56. The maximum atomic E-state index is 12.8. The summed E-state index contributed by atoms with van der Waals surface area (Å²) in [5.41, 5.74) is 2.58. The summed E-state index contributed by atoms with van der Waals surface area (Å²) in [7, 11) is 0. The van der Waals surface area contributed by atoms with Gasteiger partial charge in [0.05, 0.1) is 0 Å². The zero-order valence-electron chi connectivity index (χ0n) is 16.9. The SMILES string of the molecule is O=C(Cn1nc2ccc(SC3CCCCC3)nn2c1=O)N1CCc2ccccc2C1. The maximum Gasteiger partial charge on any atom is 0.367 e. The van der Waals surface area contributed by atoms with E-state index in [0.717, 1.165) is 11.4 Å². The Morgan fingerprint density at radius 1 is 1.03 bits per heavy atom. The number of carbonyl (C=O) groups excluding carboxylic acids is 1. The lowest BCUT2D eigenvalue weighted by Gasteiger charge is -2.28. The van der Waals surface area contributed by atoms with E-state index in [-0.39, 0.29) is 18.1 Å². The van der Waals surface area contributed by atoms with E-state index in [1.807, 2.05) is 24.3 Å². The number of hydrogen-bond donors (Lipinski definition) is 0. The van der Waals surface area contributed by atoms with Crippen LogP contribution in [0.4, 0.5) is 0 Å². The molecule has 0 spiro atoms. The van der Waals surface area contributed by atoms with Gasteiger partial charge in [0.15, 0.2) is 5.65 Å². The predicted octanol–water partition coefficient (Wildman–Crippen LogP) is 2.90. The third-order valence-electron chi connectivity index (χ3n) is 6.02. The van der Waals surface area contributed by atoms with Crippen molar-refractivity contribution in [2.24, 2.45) is 0 Å². The number of nitrogens with zero attached hydrogens (tertiary/aromatic N) is 5. The van der Waals surface area contributed by atoms with Gasteiger partial charge in [-0.1, -0.05) is 43.5 Å². The van der Waals surface area contributed by atoms with Gasteiger partial charge in [-0.05, 0) is 42.5 Å². The van der Waals surface area contributed by atoms with Gasteiger partial charge in [-0.25, -0.2) is 9.48 Å². The van der Waals surface area contributed by atoms with Crippen LogP contribution in [0.1, 0.15) is 43.2 Å². The number of rotatable bonds is 4. The molecule has 0 unspecified atom stereocenters. The lowest BCUT2D eigenvalue weighted by molar-refractivity contribution is -0.133. The normalized spacial score (nSPS) is 17.3. The molecule has 0 radical (unpaired) electrons. The molecule has 8 heteroatoms. The molecule has 1 aromatic carbocycles. The van der Waals surface area contributed by atoms with Gasteiger partial charge in [-0.3, -0.25) is 4.79 Å². The number of benzene rings is 1. The molecule has 156 valence electrons. The Morgan fingerprint density at radius 2 is 1.83 bits per heavy atom. The molecule has 1 saturated carbocycles. The molecular weight excluding hydrogens is 398 g/mol. The summed E-state index contributed by atoms with van der Waals surface area (Å²) in [6, 6.07) is 11.9. The van der Waals surface area contributed by atoms with Crippen molar-refractivity contribution in [1.82, 2.24) is 24.3 Å². The molecule has 0 atom stereocenters. The van der Waals surface area contributed by atoms with E-state index in [0.29, 0.717) is 24.0 Å². The predicted molar refractivity (Wildman–Crippen MR) is 116 cm³/mol. The fourth-order valence-corrected chi connectivity index (χ4v) is 5.53. The van der Waals surface area contributed by atoms with Gasteiger partial charge in [0.25, 0.3) is 0 Å². The van der Waals surface area contributed by atoms with E-state index < -0.39 is 0 Å². The number of carbonyl (C=O) groups is 1. The summed E-state index contributed by atoms with van der Waals surface area (Å²) in [6.45, 7) is 1.19. The largest absolute Gasteiger partial charge is 0.367 e. The Labute approximate surface area is 179 Å². The monoisotopic (exact) mass is 423 g/mol. The Kier molecular flexibility index (Phi) is 5.33. The van der Waals surface area contributed by atoms with E-state index >= 15 is 0 Å². The molecule has 0 N–H and O–H groups in total. The third kappa shape index (κ3) is 3.88. The molecule has 2 aliphatic rings. The van der Waals surface area contributed by atoms with Crippen LogP contribution in [0.3, 0.4) is 0 Å². The summed E-state index contributed by atoms with van der Waals surface area (Å²) in [6.07, 6.45) is 7.08. The highest BCUT2D eigenvalue weighted by molar-refractivity contribution is 7.99. The van der Waals surface area contributed by atoms with Crippen LogP contribution in [0.5, 0.6) is 0 Å². The zero-order valence-corrected chi connectivity index (χ0v) is 17.7. The van der Waals surface area contributed by atoms with E-state index in [9.17, 15) is 9.59 Å². The van der Waals surface area contributed by atoms with Gasteiger partial charge in [-0.15, -0.1) is 16.9 Å². The molecule has 1 aliphatic carbocycles. The summed E-state index contributed by atoms with van der Waals surface area (Å²) in [4.78, 5) is 27.4. The second kappa shape index (κ2) is 8.26. The fraction of sp³-hybridized carbons (Fsp3) is 0.455. The van der Waals surface area contributed by atoms with Gasteiger partial charge >= 0.3 is 5.69 Å². The molecule has 5 rings (SSSR count). The van der Waals surface area contributed by atoms with Crippen molar-refractivity contribution in [3.8, 4) is 0 Å². The Hall–Kier alpha value is -2.61. The van der Waals surface area contributed by atoms with Crippen molar-refractivity contribution in [2.45, 2.75) is 61.9 Å². The van der Waals surface area contributed by atoms with E-state index in [2.05, 4.69) is 22.3 Å². The fourth-order valence-electron chi connectivity index (χ4n) is 4.35. The average Bonchev–Trinajstić information content (AvgIpc) is 3.09. The van der Waals surface area contributed by atoms with Gasteiger partial charge in [0.1, 0.15) is 11.6 Å². The lowest BCUT2D eigenvalue weighted by atomic mass is 10.00. The van der Waals surface area contributed by atoms with Crippen molar-refractivity contribution in [3.63, 3.8) is 0 Å².